The van der Waals surface area contributed by atoms with Gasteiger partial charge in [-0.25, -0.2) is 4.98 Å². The lowest BCUT2D eigenvalue weighted by Crippen LogP contribution is -2.49. The van der Waals surface area contributed by atoms with E-state index < -0.39 is 0 Å². The standard InChI is InChI=1S/C17H19N5OS/c23-17(15-1-2-16-14(11-15)3-10-24-16)21-7-4-20(5-8-21)6-9-22-13-18-12-19-22/h1-3,10-13H,4-9H2. The van der Waals surface area contributed by atoms with E-state index in [1.165, 1.54) is 4.70 Å². The lowest BCUT2D eigenvalue weighted by atomic mass is 10.1. The van der Waals surface area contributed by atoms with Crippen LogP contribution in [0.25, 0.3) is 10.1 Å². The summed E-state index contributed by atoms with van der Waals surface area (Å²) in [5.74, 6) is 0.138. The molecule has 3 aromatic rings. The maximum atomic E-state index is 12.7. The Morgan fingerprint density at radius 2 is 2.00 bits per heavy atom. The van der Waals surface area contributed by atoms with Crippen LogP contribution >= 0.6 is 11.3 Å². The van der Waals surface area contributed by atoms with Crippen molar-refractivity contribution >= 4 is 27.3 Å². The van der Waals surface area contributed by atoms with Gasteiger partial charge in [0.15, 0.2) is 0 Å². The minimum absolute atomic E-state index is 0.138. The maximum absolute atomic E-state index is 12.7. The van der Waals surface area contributed by atoms with Gasteiger partial charge in [-0.15, -0.1) is 11.3 Å². The van der Waals surface area contributed by atoms with Gasteiger partial charge in [0.25, 0.3) is 5.91 Å². The molecular formula is C17H19N5OS. The zero-order valence-electron chi connectivity index (χ0n) is 13.3. The van der Waals surface area contributed by atoms with Gasteiger partial charge in [-0.1, -0.05) is 0 Å². The summed E-state index contributed by atoms with van der Waals surface area (Å²) in [5, 5.41) is 7.33. The van der Waals surface area contributed by atoms with Crippen LogP contribution in [0.1, 0.15) is 10.4 Å². The largest absolute Gasteiger partial charge is 0.336 e. The lowest BCUT2D eigenvalue weighted by Gasteiger charge is -2.34. The number of thiophene rings is 1. The number of rotatable bonds is 4. The molecule has 7 heteroatoms. The van der Waals surface area contributed by atoms with Gasteiger partial charge in [-0.2, -0.15) is 5.10 Å². The summed E-state index contributed by atoms with van der Waals surface area (Å²) in [7, 11) is 0. The quantitative estimate of drug-likeness (QED) is 0.728. The van der Waals surface area contributed by atoms with Gasteiger partial charge in [0.2, 0.25) is 0 Å². The fourth-order valence-electron chi connectivity index (χ4n) is 3.05. The molecule has 0 unspecified atom stereocenters. The van der Waals surface area contributed by atoms with Crippen LogP contribution in [0.2, 0.25) is 0 Å². The van der Waals surface area contributed by atoms with Crippen molar-refractivity contribution in [2.75, 3.05) is 32.7 Å². The molecule has 0 N–H and O–H groups in total. The molecule has 0 saturated carbocycles. The van der Waals surface area contributed by atoms with Crippen molar-refractivity contribution in [1.82, 2.24) is 24.6 Å². The van der Waals surface area contributed by atoms with Crippen LogP contribution in [-0.2, 0) is 6.54 Å². The number of fused-ring (bicyclic) bond motifs is 1. The van der Waals surface area contributed by atoms with Gasteiger partial charge in [0.1, 0.15) is 12.7 Å². The maximum Gasteiger partial charge on any atom is 0.253 e. The Bertz CT molecular complexity index is 821. The lowest BCUT2D eigenvalue weighted by molar-refractivity contribution is 0.0632. The summed E-state index contributed by atoms with van der Waals surface area (Å²) in [6.45, 7) is 5.13. The molecule has 4 rings (SSSR count). The third-order valence-electron chi connectivity index (χ3n) is 4.47. The van der Waals surface area contributed by atoms with Crippen molar-refractivity contribution in [2.24, 2.45) is 0 Å². The number of amides is 1. The Hall–Kier alpha value is -2.25. The van der Waals surface area contributed by atoms with Crippen molar-refractivity contribution in [1.29, 1.82) is 0 Å². The molecule has 1 saturated heterocycles. The fraction of sp³-hybridized carbons (Fsp3) is 0.353. The molecule has 0 aliphatic carbocycles. The normalized spacial score (nSPS) is 15.9. The predicted molar refractivity (Wildman–Crippen MR) is 94.2 cm³/mol. The third kappa shape index (κ3) is 3.18. The van der Waals surface area contributed by atoms with Crippen LogP contribution in [0.4, 0.5) is 0 Å². The Kier molecular flexibility index (Phi) is 4.27. The molecule has 1 aliphatic heterocycles. The molecule has 1 aromatic carbocycles. The summed E-state index contributed by atoms with van der Waals surface area (Å²) in [4.78, 5) is 21.0. The van der Waals surface area contributed by atoms with Crippen molar-refractivity contribution < 1.29 is 4.79 Å². The number of hydrogen-bond acceptors (Lipinski definition) is 5. The fourth-order valence-corrected chi connectivity index (χ4v) is 3.82. The van der Waals surface area contributed by atoms with Crippen LogP contribution in [0, 0.1) is 0 Å². The van der Waals surface area contributed by atoms with Gasteiger partial charge >= 0.3 is 0 Å². The molecule has 0 radical (unpaired) electrons. The van der Waals surface area contributed by atoms with Crippen LogP contribution in [0.5, 0.6) is 0 Å². The molecular weight excluding hydrogens is 322 g/mol. The van der Waals surface area contributed by atoms with E-state index in [0.29, 0.717) is 0 Å². The van der Waals surface area contributed by atoms with Crippen molar-refractivity contribution in [2.45, 2.75) is 6.54 Å². The van der Waals surface area contributed by atoms with E-state index in [-0.39, 0.29) is 5.91 Å². The van der Waals surface area contributed by atoms with Crippen LogP contribution in [-0.4, -0.2) is 63.2 Å². The molecule has 6 nitrogen and oxygen atoms in total. The second-order valence-electron chi connectivity index (χ2n) is 5.97. The number of aromatic nitrogens is 3. The highest BCUT2D eigenvalue weighted by Gasteiger charge is 2.22. The Morgan fingerprint density at radius 3 is 2.79 bits per heavy atom. The first kappa shape index (κ1) is 15.3. The highest BCUT2D eigenvalue weighted by molar-refractivity contribution is 7.17. The summed E-state index contributed by atoms with van der Waals surface area (Å²) < 4.78 is 3.07. The van der Waals surface area contributed by atoms with Crippen LogP contribution in [0.3, 0.4) is 0 Å². The molecule has 0 spiro atoms. The SMILES string of the molecule is O=C(c1ccc2sccc2c1)N1CCN(CCn2cncn2)CC1. The van der Waals surface area contributed by atoms with E-state index in [1.807, 2.05) is 27.8 Å². The molecule has 0 atom stereocenters. The Labute approximate surface area is 144 Å². The number of hydrogen-bond donors (Lipinski definition) is 0. The van der Waals surface area contributed by atoms with Gasteiger partial charge in [-0.3, -0.25) is 14.4 Å². The molecule has 1 amide bonds. The first-order valence-corrected chi connectivity index (χ1v) is 8.99. The Balaban J connectivity index is 1.33. The van der Waals surface area contributed by atoms with Crippen LogP contribution in [0.15, 0.2) is 42.3 Å². The first-order chi connectivity index (χ1) is 11.8. The second-order valence-corrected chi connectivity index (χ2v) is 6.91. The second kappa shape index (κ2) is 6.70. The average Bonchev–Trinajstić information content (AvgIpc) is 3.30. The van der Waals surface area contributed by atoms with Crippen molar-refractivity contribution in [3.05, 3.63) is 47.9 Å². The van der Waals surface area contributed by atoms with Gasteiger partial charge in [0.05, 0.1) is 6.54 Å². The van der Waals surface area contributed by atoms with Crippen molar-refractivity contribution in [3.63, 3.8) is 0 Å². The molecule has 124 valence electrons. The van der Waals surface area contributed by atoms with E-state index in [9.17, 15) is 4.79 Å². The predicted octanol–water partition coefficient (Wildman–Crippen LogP) is 1.95. The summed E-state index contributed by atoms with van der Waals surface area (Å²) in [6.07, 6.45) is 3.29. The molecule has 1 aliphatic rings. The number of piperazine rings is 1. The Morgan fingerprint density at radius 1 is 1.12 bits per heavy atom. The van der Waals surface area contributed by atoms with Crippen LogP contribution < -0.4 is 0 Å². The monoisotopic (exact) mass is 341 g/mol. The molecule has 2 aromatic heterocycles. The molecule has 0 bridgehead atoms. The zero-order valence-corrected chi connectivity index (χ0v) is 14.2. The highest BCUT2D eigenvalue weighted by Crippen LogP contribution is 2.22. The minimum Gasteiger partial charge on any atom is -0.336 e. The smallest absolute Gasteiger partial charge is 0.253 e. The summed E-state index contributed by atoms with van der Waals surface area (Å²) in [5.41, 5.74) is 0.789. The van der Waals surface area contributed by atoms with E-state index in [2.05, 4.69) is 26.4 Å². The molecule has 24 heavy (non-hydrogen) atoms. The van der Waals surface area contributed by atoms with E-state index in [1.54, 1.807) is 24.0 Å². The number of benzene rings is 1. The summed E-state index contributed by atoms with van der Waals surface area (Å²) in [6, 6.07) is 8.06. The summed E-state index contributed by atoms with van der Waals surface area (Å²) >= 11 is 1.70. The first-order valence-electron chi connectivity index (χ1n) is 8.11. The highest BCUT2D eigenvalue weighted by atomic mass is 32.1. The third-order valence-corrected chi connectivity index (χ3v) is 5.37. The van der Waals surface area contributed by atoms with Crippen molar-refractivity contribution in [3.8, 4) is 0 Å². The number of nitrogens with zero attached hydrogens (tertiary/aromatic N) is 5. The van der Waals surface area contributed by atoms with Gasteiger partial charge in [0, 0.05) is 43.0 Å². The topological polar surface area (TPSA) is 54.3 Å². The minimum atomic E-state index is 0.138. The average molecular weight is 341 g/mol. The number of carbonyl (C=O) groups excluding carboxylic acids is 1. The molecule has 3 heterocycles. The van der Waals surface area contributed by atoms with Gasteiger partial charge in [-0.05, 0) is 35.0 Å². The number of carbonyl (C=O) groups is 1. The van der Waals surface area contributed by atoms with E-state index >= 15 is 0 Å². The van der Waals surface area contributed by atoms with E-state index in [0.717, 1.165) is 50.2 Å². The molecule has 1 fully saturated rings. The van der Waals surface area contributed by atoms with E-state index in [4.69, 9.17) is 0 Å². The van der Waals surface area contributed by atoms with Gasteiger partial charge < -0.3 is 4.90 Å². The zero-order chi connectivity index (χ0) is 16.4.